The summed E-state index contributed by atoms with van der Waals surface area (Å²) in [5.74, 6) is 0.955. The van der Waals surface area contributed by atoms with Gasteiger partial charge in [0.2, 0.25) is 0 Å². The van der Waals surface area contributed by atoms with E-state index in [9.17, 15) is 5.11 Å². The maximum Gasteiger partial charge on any atom is 0.195 e. The lowest BCUT2D eigenvalue weighted by Gasteiger charge is -2.37. The van der Waals surface area contributed by atoms with Gasteiger partial charge in [-0.1, -0.05) is 53.5 Å². The number of anilines is 2. The van der Waals surface area contributed by atoms with Crippen molar-refractivity contribution in [3.05, 3.63) is 64.3 Å². The van der Waals surface area contributed by atoms with Crippen molar-refractivity contribution in [2.75, 3.05) is 36.4 Å². The molecule has 1 fully saturated rings. The molecule has 0 spiro atoms. The number of fused-ring (bicyclic) bond motifs is 1. The molecular formula is C23H22Cl2N8O. The van der Waals surface area contributed by atoms with Crippen LogP contribution in [0, 0.1) is 5.41 Å². The Kier molecular flexibility index (Phi) is 6.23. The second kappa shape index (κ2) is 9.46. The van der Waals surface area contributed by atoms with Crippen LogP contribution < -0.4 is 10.2 Å². The number of halogens is 2. The van der Waals surface area contributed by atoms with Crippen molar-refractivity contribution in [3.63, 3.8) is 0 Å². The predicted octanol–water partition coefficient (Wildman–Crippen LogP) is 3.99. The second-order valence-electron chi connectivity index (χ2n) is 7.84. The fraction of sp³-hybridized carbons (Fsp3) is 0.217. The number of aromatic amines is 1. The van der Waals surface area contributed by atoms with Crippen LogP contribution in [0.1, 0.15) is 5.69 Å². The van der Waals surface area contributed by atoms with Crippen LogP contribution in [0.2, 0.25) is 10.0 Å². The van der Waals surface area contributed by atoms with Crippen molar-refractivity contribution < 1.29 is 5.11 Å². The first-order valence-electron chi connectivity index (χ1n) is 10.8. The summed E-state index contributed by atoms with van der Waals surface area (Å²) in [7, 11) is 0. The first-order chi connectivity index (χ1) is 16.5. The highest BCUT2D eigenvalue weighted by Crippen LogP contribution is 2.35. The summed E-state index contributed by atoms with van der Waals surface area (Å²) in [4.78, 5) is 13.4. The van der Waals surface area contributed by atoms with Crippen molar-refractivity contribution >= 4 is 51.8 Å². The number of para-hydroxylation sites is 1. The van der Waals surface area contributed by atoms with Crippen LogP contribution in [-0.4, -0.2) is 62.3 Å². The minimum absolute atomic E-state index is 0.266. The summed E-state index contributed by atoms with van der Waals surface area (Å²) in [6, 6.07) is 15.0. The van der Waals surface area contributed by atoms with Gasteiger partial charge in [-0.25, -0.2) is 9.97 Å². The molecule has 0 saturated carbocycles. The number of guanidine groups is 1. The Morgan fingerprint density at radius 1 is 1.03 bits per heavy atom. The number of nitrogens with one attached hydrogen (secondary N) is 3. The van der Waals surface area contributed by atoms with Crippen molar-refractivity contribution in [1.82, 2.24) is 25.1 Å². The smallest absolute Gasteiger partial charge is 0.195 e. The highest BCUT2D eigenvalue weighted by molar-refractivity contribution is 6.43. The van der Waals surface area contributed by atoms with Gasteiger partial charge in [0.1, 0.15) is 16.9 Å². The monoisotopic (exact) mass is 496 g/mol. The van der Waals surface area contributed by atoms with Gasteiger partial charge in [-0.05, 0) is 18.2 Å². The van der Waals surface area contributed by atoms with Gasteiger partial charge in [0, 0.05) is 37.4 Å². The number of H-pyrrole nitrogens is 1. The fourth-order valence-corrected chi connectivity index (χ4v) is 4.37. The van der Waals surface area contributed by atoms with Crippen molar-refractivity contribution in [3.8, 4) is 11.3 Å². The highest BCUT2D eigenvalue weighted by Gasteiger charge is 2.25. The molecule has 4 N–H and O–H groups in total. The molecule has 0 bridgehead atoms. The van der Waals surface area contributed by atoms with E-state index < -0.39 is 0 Å². The van der Waals surface area contributed by atoms with Crippen molar-refractivity contribution in [1.29, 1.82) is 5.41 Å². The fourth-order valence-electron chi connectivity index (χ4n) is 3.98. The third-order valence-corrected chi connectivity index (χ3v) is 6.55. The molecule has 1 aliphatic rings. The van der Waals surface area contributed by atoms with E-state index >= 15 is 0 Å². The number of hydrogen-bond donors (Lipinski definition) is 4. The number of nitrogens with zero attached hydrogens (tertiary/aromatic N) is 5. The molecule has 11 heteroatoms. The highest BCUT2D eigenvalue weighted by atomic mass is 35.5. The number of piperazine rings is 1. The summed E-state index contributed by atoms with van der Waals surface area (Å²) in [5.41, 5.74) is 3.53. The quantitative estimate of drug-likeness (QED) is 0.249. The topological polar surface area (TPSA) is 117 Å². The maximum atomic E-state index is 10.0. The summed E-state index contributed by atoms with van der Waals surface area (Å²) < 4.78 is 0. The minimum Gasteiger partial charge on any atom is -0.390 e. The van der Waals surface area contributed by atoms with Gasteiger partial charge in [-0.3, -0.25) is 10.5 Å². The standard InChI is InChI=1S/C23H22Cl2N8O/c24-16-8-4-7-15(18(16)25)19-20-21(31-30-19)29-22(17(13-34)28-20)32-9-11-33(12-10-32)23(26)27-14-5-2-1-3-6-14/h1-8,34H,9-13H2,(H2,26,27)(H,29,30,31). The normalized spacial score (nSPS) is 14.0. The Labute approximate surface area is 205 Å². The number of aliphatic hydroxyl groups is 1. The molecule has 0 radical (unpaired) electrons. The molecule has 5 rings (SSSR count). The van der Waals surface area contributed by atoms with Crippen molar-refractivity contribution in [2.24, 2.45) is 0 Å². The Balaban J connectivity index is 1.36. The maximum absolute atomic E-state index is 10.0. The van der Waals surface area contributed by atoms with E-state index in [1.807, 2.05) is 41.3 Å². The van der Waals surface area contributed by atoms with Crippen LogP contribution in [0.4, 0.5) is 11.5 Å². The van der Waals surface area contributed by atoms with E-state index in [1.54, 1.807) is 12.1 Å². The van der Waals surface area contributed by atoms with Crippen molar-refractivity contribution in [2.45, 2.75) is 6.61 Å². The zero-order valence-electron chi connectivity index (χ0n) is 18.1. The Bertz CT molecular complexity index is 1340. The number of rotatable bonds is 4. The SMILES string of the molecule is N=C(Nc1ccccc1)N1CCN(c2nc3[nH]nc(-c4cccc(Cl)c4Cl)c3nc2CO)CC1. The largest absolute Gasteiger partial charge is 0.390 e. The molecule has 34 heavy (non-hydrogen) atoms. The number of benzene rings is 2. The minimum atomic E-state index is -0.266. The molecular weight excluding hydrogens is 475 g/mol. The van der Waals surface area contributed by atoms with E-state index in [4.69, 9.17) is 33.6 Å². The first kappa shape index (κ1) is 22.4. The first-order valence-corrected chi connectivity index (χ1v) is 11.5. The molecule has 1 aliphatic heterocycles. The lowest BCUT2D eigenvalue weighted by Crippen LogP contribution is -2.50. The van der Waals surface area contributed by atoms with Crippen LogP contribution in [0.3, 0.4) is 0 Å². The summed E-state index contributed by atoms with van der Waals surface area (Å²) >= 11 is 12.6. The van der Waals surface area contributed by atoms with E-state index in [2.05, 4.69) is 25.4 Å². The van der Waals surface area contributed by atoms with Gasteiger partial charge < -0.3 is 20.2 Å². The third-order valence-electron chi connectivity index (χ3n) is 5.73. The summed E-state index contributed by atoms with van der Waals surface area (Å²) in [6.07, 6.45) is 0. The van der Waals surface area contributed by atoms with Crippen LogP contribution >= 0.6 is 23.2 Å². The van der Waals surface area contributed by atoms with E-state index in [0.29, 0.717) is 76.1 Å². The van der Waals surface area contributed by atoms with E-state index in [0.717, 1.165) is 5.69 Å². The molecule has 9 nitrogen and oxygen atoms in total. The molecule has 4 aromatic rings. The Morgan fingerprint density at radius 2 is 1.79 bits per heavy atom. The van der Waals surface area contributed by atoms with Gasteiger partial charge in [-0.15, -0.1) is 0 Å². The lowest BCUT2D eigenvalue weighted by atomic mass is 10.1. The number of aromatic nitrogens is 4. The Morgan fingerprint density at radius 3 is 2.53 bits per heavy atom. The molecule has 0 amide bonds. The summed E-state index contributed by atoms with van der Waals surface area (Å²) in [5, 5.41) is 29.7. The number of aliphatic hydroxyl groups excluding tert-OH is 1. The van der Waals surface area contributed by atoms with Crippen LogP contribution in [0.25, 0.3) is 22.4 Å². The predicted molar refractivity (Wildman–Crippen MR) is 135 cm³/mol. The van der Waals surface area contributed by atoms with E-state index in [-0.39, 0.29) is 6.61 Å². The van der Waals surface area contributed by atoms with Gasteiger partial charge in [0.15, 0.2) is 17.4 Å². The van der Waals surface area contributed by atoms with Crippen LogP contribution in [0.15, 0.2) is 48.5 Å². The molecule has 2 aromatic carbocycles. The summed E-state index contributed by atoms with van der Waals surface area (Å²) in [6.45, 7) is 2.27. The molecule has 0 atom stereocenters. The molecule has 0 aliphatic carbocycles. The van der Waals surface area contributed by atoms with E-state index in [1.165, 1.54) is 0 Å². The average molecular weight is 497 g/mol. The third kappa shape index (κ3) is 4.25. The zero-order valence-corrected chi connectivity index (χ0v) is 19.6. The molecule has 174 valence electrons. The molecule has 3 heterocycles. The molecule has 1 saturated heterocycles. The Hall–Kier alpha value is -3.40. The molecule has 2 aromatic heterocycles. The molecule has 0 unspecified atom stereocenters. The average Bonchev–Trinajstić information content (AvgIpc) is 3.28. The van der Waals surface area contributed by atoms with Crippen LogP contribution in [0.5, 0.6) is 0 Å². The van der Waals surface area contributed by atoms with Gasteiger partial charge in [0.05, 0.1) is 16.7 Å². The van der Waals surface area contributed by atoms with Crippen LogP contribution in [-0.2, 0) is 6.61 Å². The zero-order chi connectivity index (χ0) is 23.7. The number of hydrogen-bond acceptors (Lipinski definition) is 6. The lowest BCUT2D eigenvalue weighted by molar-refractivity contribution is 0.276. The second-order valence-corrected chi connectivity index (χ2v) is 8.62. The van der Waals surface area contributed by atoms with Gasteiger partial charge in [-0.2, -0.15) is 5.10 Å². The van der Waals surface area contributed by atoms with Gasteiger partial charge in [0.25, 0.3) is 0 Å². The van der Waals surface area contributed by atoms with Gasteiger partial charge >= 0.3 is 0 Å².